The molecule has 0 aliphatic heterocycles. The van der Waals surface area contributed by atoms with Crippen LogP contribution in [0.5, 0.6) is 0 Å². The SMILES string of the molecule is N#Cc1ccc(Cn2cncc2CCCN(Cc2ccccc2C(F)(F)F)C(=S)NC2CCCCCCC2)cc1. The second-order valence-corrected chi connectivity index (χ2v) is 10.9. The van der Waals surface area contributed by atoms with E-state index in [1.54, 1.807) is 30.6 Å². The Morgan fingerprint density at radius 3 is 2.45 bits per heavy atom. The number of benzene rings is 2. The number of thiocarbonyl (C=S) groups is 1. The summed E-state index contributed by atoms with van der Waals surface area (Å²) in [5.41, 5.74) is 2.33. The van der Waals surface area contributed by atoms with Crippen LogP contribution in [0.15, 0.2) is 61.1 Å². The number of nitrogens with one attached hydrogen (secondary N) is 1. The molecule has 1 saturated carbocycles. The Hall–Kier alpha value is -3.38. The van der Waals surface area contributed by atoms with E-state index in [9.17, 15) is 13.2 Å². The number of rotatable bonds is 9. The first-order valence-corrected chi connectivity index (χ1v) is 14.4. The van der Waals surface area contributed by atoms with E-state index >= 15 is 0 Å². The first kappa shape index (κ1) is 29.6. The third-order valence-corrected chi connectivity index (χ3v) is 7.88. The van der Waals surface area contributed by atoms with Crippen molar-refractivity contribution in [3.63, 3.8) is 0 Å². The minimum absolute atomic E-state index is 0.0960. The van der Waals surface area contributed by atoms with Crippen molar-refractivity contribution in [3.8, 4) is 6.07 Å². The number of aryl methyl sites for hydroxylation is 1. The number of alkyl halides is 3. The first-order valence-electron chi connectivity index (χ1n) is 14.0. The number of halogens is 3. The fourth-order valence-corrected chi connectivity index (χ4v) is 5.61. The molecule has 40 heavy (non-hydrogen) atoms. The lowest BCUT2D eigenvalue weighted by atomic mass is 9.97. The predicted molar refractivity (Wildman–Crippen MR) is 155 cm³/mol. The molecule has 0 atom stereocenters. The van der Waals surface area contributed by atoms with Crippen LogP contribution < -0.4 is 5.32 Å². The van der Waals surface area contributed by atoms with Gasteiger partial charge in [0.15, 0.2) is 5.11 Å². The van der Waals surface area contributed by atoms with Gasteiger partial charge in [0.25, 0.3) is 0 Å². The zero-order valence-electron chi connectivity index (χ0n) is 22.7. The highest BCUT2D eigenvalue weighted by molar-refractivity contribution is 7.80. The van der Waals surface area contributed by atoms with Gasteiger partial charge in [0.05, 0.1) is 23.5 Å². The molecule has 0 amide bonds. The summed E-state index contributed by atoms with van der Waals surface area (Å²) in [7, 11) is 0. The van der Waals surface area contributed by atoms with E-state index in [1.165, 1.54) is 25.3 Å². The van der Waals surface area contributed by atoms with Crippen LogP contribution in [0.4, 0.5) is 13.2 Å². The first-order chi connectivity index (χ1) is 19.3. The molecule has 1 aromatic heterocycles. The molecule has 2 aromatic carbocycles. The van der Waals surface area contributed by atoms with Crippen LogP contribution in [0.3, 0.4) is 0 Å². The largest absolute Gasteiger partial charge is 0.416 e. The summed E-state index contributed by atoms with van der Waals surface area (Å²) < 4.78 is 43.4. The molecule has 0 unspecified atom stereocenters. The quantitative estimate of drug-likeness (QED) is 0.276. The van der Waals surface area contributed by atoms with E-state index in [0.717, 1.165) is 43.0 Å². The smallest absolute Gasteiger partial charge is 0.360 e. The molecule has 1 heterocycles. The minimum atomic E-state index is -4.42. The molecular weight excluding hydrogens is 531 g/mol. The van der Waals surface area contributed by atoms with Gasteiger partial charge in [-0.1, -0.05) is 62.4 Å². The Labute approximate surface area is 240 Å². The van der Waals surface area contributed by atoms with E-state index in [1.807, 2.05) is 23.2 Å². The van der Waals surface area contributed by atoms with Gasteiger partial charge in [0, 0.05) is 37.6 Å². The fourth-order valence-electron chi connectivity index (χ4n) is 5.29. The lowest BCUT2D eigenvalue weighted by Crippen LogP contribution is -2.45. The van der Waals surface area contributed by atoms with E-state index in [0.29, 0.717) is 36.6 Å². The van der Waals surface area contributed by atoms with E-state index in [2.05, 4.69) is 20.9 Å². The molecule has 1 aliphatic rings. The van der Waals surface area contributed by atoms with E-state index in [-0.39, 0.29) is 18.2 Å². The highest BCUT2D eigenvalue weighted by Crippen LogP contribution is 2.32. The third-order valence-electron chi connectivity index (χ3n) is 7.50. The number of nitriles is 1. The lowest BCUT2D eigenvalue weighted by molar-refractivity contribution is -0.138. The molecule has 212 valence electrons. The highest BCUT2D eigenvalue weighted by Gasteiger charge is 2.33. The zero-order valence-corrected chi connectivity index (χ0v) is 23.5. The van der Waals surface area contributed by atoms with Crippen molar-refractivity contribution in [2.75, 3.05) is 6.54 Å². The summed E-state index contributed by atoms with van der Waals surface area (Å²) in [5, 5.41) is 13.1. The second-order valence-electron chi connectivity index (χ2n) is 10.5. The van der Waals surface area contributed by atoms with Crippen molar-refractivity contribution < 1.29 is 13.2 Å². The summed E-state index contributed by atoms with van der Waals surface area (Å²) in [6.45, 7) is 1.25. The van der Waals surface area contributed by atoms with Gasteiger partial charge in [-0.2, -0.15) is 18.4 Å². The summed E-state index contributed by atoms with van der Waals surface area (Å²) in [6, 6.07) is 15.6. The van der Waals surface area contributed by atoms with Gasteiger partial charge in [-0.25, -0.2) is 4.98 Å². The Morgan fingerprint density at radius 2 is 1.75 bits per heavy atom. The monoisotopic (exact) mass is 567 g/mol. The highest BCUT2D eigenvalue weighted by atomic mass is 32.1. The maximum atomic E-state index is 13.8. The van der Waals surface area contributed by atoms with Crippen molar-refractivity contribution in [2.24, 2.45) is 0 Å². The van der Waals surface area contributed by atoms with Gasteiger partial charge in [0.2, 0.25) is 0 Å². The number of hydrogen-bond acceptors (Lipinski definition) is 3. The Balaban J connectivity index is 1.44. The summed E-state index contributed by atoms with van der Waals surface area (Å²) >= 11 is 5.81. The standard InChI is InChI=1S/C31H36F3N5S/c32-31(33,34)29-13-7-6-9-26(29)22-38(30(40)37-27-10-4-2-1-3-5-11-27)18-8-12-28-20-36-23-39(28)21-25-16-14-24(19-35)15-17-25/h6-7,9,13-17,20,23,27H,1-5,8,10-12,18,21-22H2,(H,37,40). The Bertz CT molecular complexity index is 1270. The van der Waals surface area contributed by atoms with Gasteiger partial charge >= 0.3 is 6.18 Å². The third kappa shape index (κ3) is 8.56. The summed E-state index contributed by atoms with van der Waals surface area (Å²) in [5.74, 6) is 0. The number of imidazole rings is 1. The molecular formula is C31H36F3N5S. The van der Waals surface area contributed by atoms with Crippen LogP contribution in [-0.4, -0.2) is 32.2 Å². The molecule has 0 spiro atoms. The normalized spacial score (nSPS) is 14.7. The van der Waals surface area contributed by atoms with Crippen molar-refractivity contribution in [2.45, 2.75) is 83.1 Å². The molecule has 5 nitrogen and oxygen atoms in total. The Kier molecular flexibility index (Phi) is 10.6. The second kappa shape index (κ2) is 14.3. The van der Waals surface area contributed by atoms with Crippen molar-refractivity contribution >= 4 is 17.3 Å². The molecule has 9 heteroatoms. The maximum Gasteiger partial charge on any atom is 0.416 e. The molecule has 1 N–H and O–H groups in total. The summed E-state index contributed by atoms with van der Waals surface area (Å²) in [4.78, 5) is 6.21. The fraction of sp³-hybridized carbons (Fsp3) is 0.452. The minimum Gasteiger partial charge on any atom is -0.360 e. The van der Waals surface area contributed by atoms with E-state index in [4.69, 9.17) is 17.5 Å². The van der Waals surface area contributed by atoms with Crippen LogP contribution in [-0.2, 0) is 25.7 Å². The summed E-state index contributed by atoms with van der Waals surface area (Å²) in [6.07, 6.45) is 8.63. The number of aromatic nitrogens is 2. The molecule has 1 fully saturated rings. The molecule has 0 radical (unpaired) electrons. The van der Waals surface area contributed by atoms with Gasteiger partial charge in [-0.3, -0.25) is 0 Å². The van der Waals surface area contributed by atoms with Crippen LogP contribution in [0, 0.1) is 11.3 Å². The predicted octanol–water partition coefficient (Wildman–Crippen LogP) is 7.24. The van der Waals surface area contributed by atoms with Crippen molar-refractivity contribution in [1.82, 2.24) is 19.8 Å². The van der Waals surface area contributed by atoms with Crippen molar-refractivity contribution in [1.29, 1.82) is 5.26 Å². The van der Waals surface area contributed by atoms with Crippen LogP contribution in [0.2, 0.25) is 0 Å². The molecule has 0 bridgehead atoms. The number of hydrogen-bond donors (Lipinski definition) is 1. The number of nitrogens with zero attached hydrogens (tertiary/aromatic N) is 4. The van der Waals surface area contributed by atoms with Crippen LogP contribution in [0.25, 0.3) is 0 Å². The average molecular weight is 568 g/mol. The molecule has 3 aromatic rings. The van der Waals surface area contributed by atoms with E-state index < -0.39 is 11.7 Å². The van der Waals surface area contributed by atoms with Crippen molar-refractivity contribution in [3.05, 3.63) is 89.0 Å². The molecule has 4 rings (SSSR count). The maximum absolute atomic E-state index is 13.8. The molecule has 0 saturated heterocycles. The van der Waals surface area contributed by atoms with Gasteiger partial charge in [-0.15, -0.1) is 0 Å². The topological polar surface area (TPSA) is 56.9 Å². The van der Waals surface area contributed by atoms with Gasteiger partial charge in [-0.05, 0) is 67.2 Å². The van der Waals surface area contributed by atoms with Gasteiger partial charge in [0.1, 0.15) is 0 Å². The van der Waals surface area contributed by atoms with Crippen LogP contribution in [0.1, 0.15) is 79.3 Å². The van der Waals surface area contributed by atoms with Crippen LogP contribution >= 0.6 is 12.2 Å². The van der Waals surface area contributed by atoms with Gasteiger partial charge < -0.3 is 14.8 Å². The average Bonchev–Trinajstić information content (AvgIpc) is 3.36. The molecule has 1 aliphatic carbocycles. The Morgan fingerprint density at radius 1 is 1.05 bits per heavy atom. The zero-order chi connectivity index (χ0) is 28.4. The lowest BCUT2D eigenvalue weighted by Gasteiger charge is -2.31.